The van der Waals surface area contributed by atoms with Gasteiger partial charge in [-0.3, -0.25) is 9.78 Å². The third-order valence-electron chi connectivity index (χ3n) is 6.17. The molecular weight excluding hydrogens is 464 g/mol. The molecule has 35 heavy (non-hydrogen) atoms. The van der Waals surface area contributed by atoms with E-state index < -0.39 is 18.1 Å². The van der Waals surface area contributed by atoms with Gasteiger partial charge < -0.3 is 14.8 Å². The Hall–Kier alpha value is -3.26. The molecule has 2 heterocycles. The number of Topliss-reactive ketones (excluding diaryl/α,β-unsaturated/α-hetero) is 1. The van der Waals surface area contributed by atoms with Crippen LogP contribution in [0.1, 0.15) is 65.7 Å². The zero-order valence-corrected chi connectivity index (χ0v) is 20.6. The molecule has 0 aliphatic heterocycles. The Morgan fingerprint density at radius 3 is 2.63 bits per heavy atom. The molecule has 8 heteroatoms. The number of aromatic nitrogens is 1. The Balaban J connectivity index is 1.39. The number of rotatable bonds is 9. The molecule has 0 radical (unpaired) electrons. The second kappa shape index (κ2) is 11.9. The second-order valence-electron chi connectivity index (χ2n) is 8.87. The van der Waals surface area contributed by atoms with E-state index in [1.54, 1.807) is 12.3 Å². The first-order chi connectivity index (χ1) is 17.0. The Morgan fingerprint density at radius 2 is 1.89 bits per heavy atom. The topological polar surface area (TPSA) is 94.6 Å². The summed E-state index contributed by atoms with van der Waals surface area (Å²) in [4.78, 5) is 43.3. The van der Waals surface area contributed by atoms with E-state index in [0.717, 1.165) is 53.4 Å². The number of benzene rings is 1. The number of carbonyl (C=O) groups excluding carboxylic acids is 3. The van der Waals surface area contributed by atoms with Crippen molar-refractivity contribution in [2.45, 2.75) is 70.6 Å². The van der Waals surface area contributed by atoms with Crippen LogP contribution in [0.5, 0.6) is 0 Å². The molecule has 1 N–H and O–H groups in total. The van der Waals surface area contributed by atoms with Gasteiger partial charge in [0.25, 0.3) is 0 Å². The van der Waals surface area contributed by atoms with Crippen molar-refractivity contribution in [2.75, 3.05) is 0 Å². The summed E-state index contributed by atoms with van der Waals surface area (Å²) in [7, 11) is 0. The summed E-state index contributed by atoms with van der Waals surface area (Å²) >= 11 is 1.40. The fourth-order valence-corrected chi connectivity index (χ4v) is 5.24. The van der Waals surface area contributed by atoms with Crippen molar-refractivity contribution in [2.24, 2.45) is 0 Å². The largest absolute Gasteiger partial charge is 0.461 e. The van der Waals surface area contributed by atoms with Crippen molar-refractivity contribution in [1.29, 1.82) is 0 Å². The van der Waals surface area contributed by atoms with E-state index in [1.165, 1.54) is 11.3 Å². The van der Waals surface area contributed by atoms with E-state index in [2.05, 4.69) is 10.3 Å². The maximum atomic E-state index is 12.9. The number of hydrogen-bond donors (Lipinski definition) is 1. The number of ether oxygens (including phenoxy) is 2. The molecule has 1 aromatic carbocycles. The number of esters is 1. The lowest BCUT2D eigenvalue weighted by Gasteiger charge is -2.25. The zero-order chi connectivity index (χ0) is 24.6. The van der Waals surface area contributed by atoms with Crippen molar-refractivity contribution in [1.82, 2.24) is 10.3 Å². The minimum absolute atomic E-state index is 0.0874. The smallest absolute Gasteiger partial charge is 0.408 e. The Labute approximate surface area is 208 Å². The molecule has 7 nitrogen and oxygen atoms in total. The summed E-state index contributed by atoms with van der Waals surface area (Å²) in [5.74, 6) is -0.613. The fourth-order valence-electron chi connectivity index (χ4n) is 4.19. The van der Waals surface area contributed by atoms with Crippen LogP contribution in [0.25, 0.3) is 10.2 Å². The van der Waals surface area contributed by atoms with Gasteiger partial charge in [-0.15, -0.1) is 11.3 Å². The summed E-state index contributed by atoms with van der Waals surface area (Å²) in [5, 5.41) is 2.62. The molecule has 0 spiro atoms. The Kier molecular flexibility index (Phi) is 8.47. The highest BCUT2D eigenvalue weighted by molar-refractivity contribution is 7.21. The maximum absolute atomic E-state index is 12.9. The molecule has 184 valence electrons. The van der Waals surface area contributed by atoms with Crippen molar-refractivity contribution in [3.8, 4) is 0 Å². The Bertz CT molecular complexity index is 1170. The number of nitrogens with one attached hydrogen (secondary N) is 1. The van der Waals surface area contributed by atoms with Crippen LogP contribution in [-0.4, -0.2) is 35.0 Å². The lowest BCUT2D eigenvalue weighted by Crippen LogP contribution is -2.43. The van der Waals surface area contributed by atoms with Crippen LogP contribution in [0.3, 0.4) is 0 Å². The summed E-state index contributed by atoms with van der Waals surface area (Å²) < 4.78 is 12.0. The molecular formula is C27H30N2O5S. The van der Waals surface area contributed by atoms with Gasteiger partial charge in [0.05, 0.1) is 15.1 Å². The second-order valence-corrected chi connectivity index (χ2v) is 9.92. The number of fused-ring (bicyclic) bond motifs is 1. The number of alkyl carbamates (subject to hydrolysis) is 1. The lowest BCUT2D eigenvalue weighted by molar-refractivity contribution is -0.153. The zero-order valence-electron chi connectivity index (χ0n) is 19.8. The van der Waals surface area contributed by atoms with Gasteiger partial charge in [0.1, 0.15) is 18.8 Å². The maximum Gasteiger partial charge on any atom is 0.408 e. The van der Waals surface area contributed by atoms with Crippen LogP contribution in [0, 0.1) is 6.92 Å². The molecule has 1 aliphatic carbocycles. The summed E-state index contributed by atoms with van der Waals surface area (Å²) in [6.07, 6.45) is 5.91. The molecule has 1 atom stereocenters. The van der Waals surface area contributed by atoms with Gasteiger partial charge in [0.15, 0.2) is 5.78 Å². The van der Waals surface area contributed by atoms with Crippen LogP contribution < -0.4 is 5.32 Å². The quantitative estimate of drug-likeness (QED) is 0.301. The van der Waals surface area contributed by atoms with E-state index in [-0.39, 0.29) is 31.3 Å². The number of pyridine rings is 1. The van der Waals surface area contributed by atoms with E-state index in [1.807, 2.05) is 43.3 Å². The van der Waals surface area contributed by atoms with E-state index >= 15 is 0 Å². The van der Waals surface area contributed by atoms with Gasteiger partial charge in [-0.05, 0) is 62.3 Å². The van der Waals surface area contributed by atoms with Crippen molar-refractivity contribution < 1.29 is 23.9 Å². The summed E-state index contributed by atoms with van der Waals surface area (Å²) in [6.45, 7) is 2.07. The fraction of sp³-hybridized carbons (Fsp3) is 0.407. The standard InChI is InChI=1S/C27H30N2O5S/c1-18-14-15-28-22-16-24(35-25(18)22)23(30)13-12-21(26(31)34-20-10-6-3-7-11-20)29-27(32)33-17-19-8-4-2-5-9-19/h2,4-5,8-9,14-16,20-21H,3,6-7,10-13,17H2,1H3,(H,29,32)/t21-/m1/s1. The molecule has 2 aromatic heterocycles. The number of ketones is 1. The van der Waals surface area contributed by atoms with E-state index in [4.69, 9.17) is 9.47 Å². The van der Waals surface area contributed by atoms with Gasteiger partial charge in [-0.1, -0.05) is 36.8 Å². The molecule has 0 unspecified atom stereocenters. The lowest BCUT2D eigenvalue weighted by atomic mass is 9.97. The molecule has 0 saturated heterocycles. The van der Waals surface area contributed by atoms with Gasteiger partial charge in [-0.25, -0.2) is 9.59 Å². The Morgan fingerprint density at radius 1 is 1.11 bits per heavy atom. The number of aryl methyl sites for hydroxylation is 1. The number of amides is 1. The predicted molar refractivity (Wildman–Crippen MR) is 134 cm³/mol. The van der Waals surface area contributed by atoms with E-state index in [9.17, 15) is 14.4 Å². The molecule has 1 aliphatic rings. The minimum atomic E-state index is -0.960. The van der Waals surface area contributed by atoms with Crippen molar-refractivity contribution in [3.05, 3.63) is 64.7 Å². The first-order valence-electron chi connectivity index (χ1n) is 12.1. The SMILES string of the molecule is Cc1ccnc2cc(C(=O)CC[C@@H](NC(=O)OCc3ccccc3)C(=O)OC3CCCCC3)sc12. The molecule has 1 saturated carbocycles. The molecule has 1 fully saturated rings. The highest BCUT2D eigenvalue weighted by Crippen LogP contribution is 2.28. The van der Waals surface area contributed by atoms with E-state index in [0.29, 0.717) is 4.88 Å². The van der Waals surface area contributed by atoms with Gasteiger partial charge in [0, 0.05) is 12.6 Å². The molecule has 3 aromatic rings. The first kappa shape index (κ1) is 24.9. The third kappa shape index (κ3) is 6.88. The number of carbonyl (C=O) groups is 3. The van der Waals surface area contributed by atoms with Crippen LogP contribution >= 0.6 is 11.3 Å². The van der Waals surface area contributed by atoms with Crippen LogP contribution in [0.4, 0.5) is 4.79 Å². The number of nitrogens with zero attached hydrogens (tertiary/aromatic N) is 1. The third-order valence-corrected chi connectivity index (χ3v) is 7.47. The average molecular weight is 495 g/mol. The van der Waals surface area contributed by atoms with Gasteiger partial charge in [-0.2, -0.15) is 0 Å². The summed E-state index contributed by atoms with van der Waals surface area (Å²) in [6, 6.07) is 12.0. The highest BCUT2D eigenvalue weighted by atomic mass is 32.1. The van der Waals surface area contributed by atoms with Crippen LogP contribution in [-0.2, 0) is 20.9 Å². The highest BCUT2D eigenvalue weighted by Gasteiger charge is 2.28. The van der Waals surface area contributed by atoms with Crippen LogP contribution in [0.2, 0.25) is 0 Å². The number of thiophene rings is 1. The number of hydrogen-bond acceptors (Lipinski definition) is 7. The van der Waals surface area contributed by atoms with Gasteiger partial charge in [0.2, 0.25) is 0 Å². The summed E-state index contributed by atoms with van der Waals surface area (Å²) in [5.41, 5.74) is 2.69. The molecule has 4 rings (SSSR count). The predicted octanol–water partition coefficient (Wildman–Crippen LogP) is 5.74. The molecule has 0 bridgehead atoms. The normalized spacial score (nSPS) is 14.9. The van der Waals surface area contributed by atoms with Gasteiger partial charge >= 0.3 is 12.1 Å². The monoisotopic (exact) mass is 494 g/mol. The molecule has 1 amide bonds. The van der Waals surface area contributed by atoms with Crippen molar-refractivity contribution in [3.63, 3.8) is 0 Å². The minimum Gasteiger partial charge on any atom is -0.461 e. The van der Waals surface area contributed by atoms with Crippen molar-refractivity contribution >= 4 is 39.4 Å². The first-order valence-corrected chi connectivity index (χ1v) is 12.9. The van der Waals surface area contributed by atoms with Crippen LogP contribution in [0.15, 0.2) is 48.7 Å². The average Bonchev–Trinajstić information content (AvgIpc) is 3.32.